The number of nitrogens with zero attached hydrogens (tertiary/aromatic N) is 2. The maximum absolute atomic E-state index is 12.8. The highest BCUT2D eigenvalue weighted by atomic mass is 16.7. The first-order chi connectivity index (χ1) is 14.0. The van der Waals surface area contributed by atoms with Gasteiger partial charge in [0.05, 0.1) is 36.9 Å². The number of carboxylic acid groups (broad SMARTS) is 1. The quantitative estimate of drug-likeness (QED) is 0.843. The second-order valence-corrected chi connectivity index (χ2v) is 7.92. The highest BCUT2D eigenvalue weighted by Gasteiger charge is 2.40. The van der Waals surface area contributed by atoms with Crippen molar-refractivity contribution in [3.8, 4) is 5.75 Å². The van der Waals surface area contributed by atoms with E-state index in [1.165, 1.54) is 6.20 Å². The monoisotopic (exact) mass is 400 g/mol. The van der Waals surface area contributed by atoms with Gasteiger partial charge in [0.1, 0.15) is 5.56 Å². The molecule has 0 amide bonds. The Morgan fingerprint density at radius 2 is 1.90 bits per heavy atom. The second-order valence-electron chi connectivity index (χ2n) is 7.92. The lowest BCUT2D eigenvalue weighted by Gasteiger charge is -2.39. The summed E-state index contributed by atoms with van der Waals surface area (Å²) in [6.45, 7) is 2.78. The lowest BCUT2D eigenvalue weighted by atomic mass is 10.0. The lowest BCUT2D eigenvalue weighted by molar-refractivity contribution is -0.169. The molecule has 3 fully saturated rings. The number of benzene rings is 1. The summed E-state index contributed by atoms with van der Waals surface area (Å²) in [5.74, 6) is -1.05. The lowest BCUT2D eigenvalue weighted by Crippen LogP contribution is -2.45. The van der Waals surface area contributed by atoms with Crippen LogP contribution >= 0.6 is 0 Å². The Kier molecular flexibility index (Phi) is 4.29. The molecule has 1 aromatic heterocycles. The molecule has 1 N–H and O–H groups in total. The number of aromatic carboxylic acids is 1. The van der Waals surface area contributed by atoms with Gasteiger partial charge in [-0.25, -0.2) is 4.79 Å². The number of piperidine rings is 1. The molecular weight excluding hydrogens is 376 g/mol. The largest absolute Gasteiger partial charge is 0.492 e. The number of methoxy groups -OCH3 is 1. The van der Waals surface area contributed by atoms with Crippen LogP contribution in [0.15, 0.2) is 23.1 Å². The minimum Gasteiger partial charge on any atom is -0.492 e. The van der Waals surface area contributed by atoms with Crippen LogP contribution in [0.25, 0.3) is 10.9 Å². The predicted molar refractivity (Wildman–Crippen MR) is 106 cm³/mol. The number of aromatic nitrogens is 1. The number of hydrogen-bond acceptors (Lipinski definition) is 6. The molecule has 1 saturated carbocycles. The maximum atomic E-state index is 12.8. The van der Waals surface area contributed by atoms with Gasteiger partial charge in [-0.05, 0) is 25.0 Å². The molecule has 5 rings (SSSR count). The number of anilines is 1. The fraction of sp³-hybridized carbons (Fsp3) is 0.524. The summed E-state index contributed by atoms with van der Waals surface area (Å²) in [5, 5.41) is 9.84. The van der Waals surface area contributed by atoms with Crippen molar-refractivity contribution in [3.05, 3.63) is 34.1 Å². The minimum atomic E-state index is -1.20. The van der Waals surface area contributed by atoms with Gasteiger partial charge in [0, 0.05) is 38.2 Å². The van der Waals surface area contributed by atoms with Gasteiger partial charge >= 0.3 is 5.97 Å². The standard InChI is InChI=1S/C21H24N2O6/c1-27-19-16(22-8-6-21(7-9-22)28-10-11-29-21)5-4-14-17(19)23(13-2-3-13)12-15(18(14)24)20(25)26/h4-5,12-13H,2-3,6-11H2,1H3,(H,25,26). The summed E-state index contributed by atoms with van der Waals surface area (Å²) in [7, 11) is 1.60. The topological polar surface area (TPSA) is 90.2 Å². The maximum Gasteiger partial charge on any atom is 0.341 e. The van der Waals surface area contributed by atoms with Gasteiger partial charge in [-0.1, -0.05) is 0 Å². The molecule has 3 aliphatic rings. The molecule has 3 heterocycles. The van der Waals surface area contributed by atoms with Gasteiger partial charge in [-0.2, -0.15) is 0 Å². The second kappa shape index (κ2) is 6.74. The third kappa shape index (κ3) is 2.98. The van der Waals surface area contributed by atoms with Crippen LogP contribution in [0, 0.1) is 0 Å². The zero-order valence-electron chi connectivity index (χ0n) is 16.3. The Balaban J connectivity index is 1.61. The highest BCUT2D eigenvalue weighted by Crippen LogP contribution is 2.43. The zero-order chi connectivity index (χ0) is 20.2. The van der Waals surface area contributed by atoms with Gasteiger partial charge in [0.2, 0.25) is 5.43 Å². The van der Waals surface area contributed by atoms with Crippen molar-refractivity contribution in [2.24, 2.45) is 0 Å². The average Bonchev–Trinajstić information content (AvgIpc) is 3.48. The summed E-state index contributed by atoms with van der Waals surface area (Å²) < 4.78 is 19.3. The summed E-state index contributed by atoms with van der Waals surface area (Å²) in [6, 6.07) is 3.79. The highest BCUT2D eigenvalue weighted by molar-refractivity contribution is 5.97. The first-order valence-corrected chi connectivity index (χ1v) is 10.0. The Hall–Kier alpha value is -2.58. The van der Waals surface area contributed by atoms with E-state index in [-0.39, 0.29) is 11.6 Å². The van der Waals surface area contributed by atoms with E-state index in [9.17, 15) is 14.7 Å². The van der Waals surface area contributed by atoms with Crippen LogP contribution in [0.4, 0.5) is 5.69 Å². The van der Waals surface area contributed by atoms with E-state index < -0.39 is 17.2 Å². The molecule has 2 aliphatic heterocycles. The average molecular weight is 400 g/mol. The number of ether oxygens (including phenoxy) is 3. The molecule has 0 radical (unpaired) electrons. The van der Waals surface area contributed by atoms with Gasteiger partial charge < -0.3 is 28.8 Å². The number of pyridine rings is 1. The Morgan fingerprint density at radius 1 is 1.21 bits per heavy atom. The predicted octanol–water partition coefficient (Wildman–Crippen LogP) is 2.39. The molecule has 29 heavy (non-hydrogen) atoms. The van der Waals surface area contributed by atoms with Gasteiger partial charge in [0.25, 0.3) is 0 Å². The SMILES string of the molecule is COc1c(N2CCC3(CC2)OCCO3)ccc2c(=O)c(C(=O)O)cn(C3CC3)c12. The summed E-state index contributed by atoms with van der Waals surface area (Å²) in [4.78, 5) is 26.6. The molecule has 0 atom stereocenters. The molecule has 0 bridgehead atoms. The van der Waals surface area contributed by atoms with Gasteiger partial charge in [-0.3, -0.25) is 4.79 Å². The third-order valence-corrected chi connectivity index (χ3v) is 6.18. The van der Waals surface area contributed by atoms with Crippen molar-refractivity contribution >= 4 is 22.6 Å². The van der Waals surface area contributed by atoms with E-state index in [0.717, 1.165) is 44.5 Å². The number of carbonyl (C=O) groups is 1. The summed E-state index contributed by atoms with van der Waals surface area (Å²) in [6.07, 6.45) is 4.93. The zero-order valence-corrected chi connectivity index (χ0v) is 16.3. The number of hydrogen-bond donors (Lipinski definition) is 1. The van der Waals surface area contributed by atoms with Crippen LogP contribution in [0.1, 0.15) is 42.1 Å². The van der Waals surface area contributed by atoms with E-state index in [4.69, 9.17) is 14.2 Å². The summed E-state index contributed by atoms with van der Waals surface area (Å²) in [5.41, 5.74) is 0.912. The van der Waals surface area contributed by atoms with E-state index in [0.29, 0.717) is 29.9 Å². The van der Waals surface area contributed by atoms with E-state index in [2.05, 4.69) is 4.90 Å². The molecule has 8 heteroatoms. The van der Waals surface area contributed by atoms with Crippen LogP contribution in [0.2, 0.25) is 0 Å². The van der Waals surface area contributed by atoms with E-state index >= 15 is 0 Å². The molecule has 0 unspecified atom stereocenters. The van der Waals surface area contributed by atoms with Gasteiger partial charge in [-0.15, -0.1) is 0 Å². The van der Waals surface area contributed by atoms with Crippen molar-refractivity contribution in [1.82, 2.24) is 4.57 Å². The third-order valence-electron chi connectivity index (χ3n) is 6.18. The van der Waals surface area contributed by atoms with Crippen molar-refractivity contribution < 1.29 is 24.1 Å². The molecule has 1 aliphatic carbocycles. The molecule has 8 nitrogen and oxygen atoms in total. The number of carboxylic acids is 1. The van der Waals surface area contributed by atoms with Crippen molar-refractivity contribution in [3.63, 3.8) is 0 Å². The van der Waals surface area contributed by atoms with Crippen LogP contribution in [0.3, 0.4) is 0 Å². The fourth-order valence-corrected chi connectivity index (χ4v) is 4.52. The summed E-state index contributed by atoms with van der Waals surface area (Å²) >= 11 is 0. The Bertz CT molecular complexity index is 1030. The van der Waals surface area contributed by atoms with Gasteiger partial charge in [0.15, 0.2) is 11.5 Å². The van der Waals surface area contributed by atoms with Crippen molar-refractivity contribution in [2.75, 3.05) is 38.3 Å². The Morgan fingerprint density at radius 3 is 2.48 bits per heavy atom. The normalized spacial score (nSPS) is 21.1. The van der Waals surface area contributed by atoms with E-state index in [1.807, 2.05) is 10.6 Å². The smallest absolute Gasteiger partial charge is 0.341 e. The molecule has 154 valence electrons. The van der Waals surface area contributed by atoms with Crippen LogP contribution in [-0.4, -0.2) is 54.8 Å². The molecule has 2 aromatic rings. The number of rotatable bonds is 4. The molecule has 1 spiro atoms. The van der Waals surface area contributed by atoms with Crippen LogP contribution < -0.4 is 15.1 Å². The van der Waals surface area contributed by atoms with E-state index in [1.54, 1.807) is 13.2 Å². The van der Waals surface area contributed by atoms with Crippen molar-refractivity contribution in [1.29, 1.82) is 0 Å². The fourth-order valence-electron chi connectivity index (χ4n) is 4.52. The molecule has 2 saturated heterocycles. The van der Waals surface area contributed by atoms with Crippen LogP contribution in [0.5, 0.6) is 5.75 Å². The minimum absolute atomic E-state index is 0.199. The van der Waals surface area contributed by atoms with Crippen LogP contribution in [-0.2, 0) is 9.47 Å². The number of fused-ring (bicyclic) bond motifs is 1. The first-order valence-electron chi connectivity index (χ1n) is 10.0. The molecule has 1 aromatic carbocycles. The Labute approximate surface area is 167 Å². The molecular formula is C21H24N2O6. The first kappa shape index (κ1) is 18.4. The van der Waals surface area contributed by atoms with Crippen molar-refractivity contribution in [2.45, 2.75) is 37.5 Å².